The van der Waals surface area contributed by atoms with Crippen molar-refractivity contribution in [2.75, 3.05) is 13.2 Å². The van der Waals surface area contributed by atoms with E-state index in [1.807, 2.05) is 0 Å². The fourth-order valence-corrected chi connectivity index (χ4v) is 1.41. The number of hydrogen-bond donors (Lipinski definition) is 2. The summed E-state index contributed by atoms with van der Waals surface area (Å²) in [7, 11) is 0. The van der Waals surface area contributed by atoms with Crippen LogP contribution in [-0.4, -0.2) is 39.4 Å². The van der Waals surface area contributed by atoms with Crippen LogP contribution in [0.25, 0.3) is 0 Å². The maximum absolute atomic E-state index is 9.51. The van der Waals surface area contributed by atoms with Crippen LogP contribution in [0, 0.1) is 0 Å². The molecule has 14 heavy (non-hydrogen) atoms. The van der Waals surface area contributed by atoms with Gasteiger partial charge in [-0.05, 0) is 0 Å². The van der Waals surface area contributed by atoms with Gasteiger partial charge in [0.15, 0.2) is 0 Å². The Bertz CT molecular complexity index is 303. The lowest BCUT2D eigenvalue weighted by Crippen LogP contribution is -2.22. The van der Waals surface area contributed by atoms with Crippen LogP contribution in [0.4, 0.5) is 0 Å². The predicted octanol–water partition coefficient (Wildman–Crippen LogP) is -1.40. The van der Waals surface area contributed by atoms with Gasteiger partial charge in [0.2, 0.25) is 0 Å². The van der Waals surface area contributed by atoms with Crippen LogP contribution in [0.3, 0.4) is 0 Å². The average molecular weight is 200 g/mol. The highest BCUT2D eigenvalue weighted by Gasteiger charge is 2.28. The van der Waals surface area contributed by atoms with Crippen LogP contribution in [0.2, 0.25) is 0 Å². The van der Waals surface area contributed by atoms with Crippen LogP contribution < -0.4 is 5.90 Å². The zero-order valence-corrected chi connectivity index (χ0v) is 7.54. The molecule has 7 heteroatoms. The molecule has 0 spiro atoms. The van der Waals surface area contributed by atoms with E-state index in [9.17, 15) is 5.11 Å². The normalized spacial score (nSPS) is 27.0. The molecule has 1 fully saturated rings. The molecule has 2 rings (SSSR count). The smallest absolute Gasteiger partial charge is 0.113 e. The second kappa shape index (κ2) is 4.01. The molecule has 78 valence electrons. The van der Waals surface area contributed by atoms with Crippen molar-refractivity contribution in [1.82, 2.24) is 15.0 Å². The molecule has 1 aromatic heterocycles. The lowest BCUT2D eigenvalue weighted by Gasteiger charge is -2.10. The quantitative estimate of drug-likeness (QED) is 0.583. The monoisotopic (exact) mass is 200 g/mol. The molecule has 0 aliphatic carbocycles. The molecule has 1 aromatic rings. The first-order valence-electron chi connectivity index (χ1n) is 4.29. The Kier molecular flexibility index (Phi) is 2.73. The van der Waals surface area contributed by atoms with Crippen molar-refractivity contribution in [2.24, 2.45) is 5.90 Å². The minimum Gasteiger partial charge on any atom is -0.388 e. The summed E-state index contributed by atoms with van der Waals surface area (Å²) >= 11 is 0. The van der Waals surface area contributed by atoms with Gasteiger partial charge in [-0.25, -0.2) is 10.6 Å². The van der Waals surface area contributed by atoms with Gasteiger partial charge in [-0.1, -0.05) is 5.21 Å². The number of nitrogens with zero attached hydrogens (tertiary/aromatic N) is 3. The molecule has 7 nitrogen and oxygen atoms in total. The summed E-state index contributed by atoms with van der Waals surface area (Å²) in [6.45, 7) is 1.00. The summed E-state index contributed by atoms with van der Waals surface area (Å²) < 4.78 is 6.67. The summed E-state index contributed by atoms with van der Waals surface area (Å²) in [5.41, 5.74) is 0.631. The van der Waals surface area contributed by atoms with E-state index in [0.717, 1.165) is 0 Å². The fraction of sp³-hybridized carbons (Fsp3) is 0.714. The Morgan fingerprint density at radius 2 is 2.57 bits per heavy atom. The zero-order valence-electron chi connectivity index (χ0n) is 7.54. The van der Waals surface area contributed by atoms with E-state index in [1.165, 1.54) is 0 Å². The SMILES string of the molecule is NOCc1cn([C@@H]2COC[C@H]2O)nn1. The summed E-state index contributed by atoms with van der Waals surface area (Å²) in [6.07, 6.45) is 1.17. The second-order valence-corrected chi connectivity index (χ2v) is 3.17. The molecule has 0 unspecified atom stereocenters. The van der Waals surface area contributed by atoms with E-state index in [1.54, 1.807) is 10.9 Å². The van der Waals surface area contributed by atoms with Gasteiger partial charge in [0, 0.05) is 0 Å². The van der Waals surface area contributed by atoms with E-state index < -0.39 is 6.10 Å². The third-order valence-electron chi connectivity index (χ3n) is 2.15. The van der Waals surface area contributed by atoms with E-state index in [4.69, 9.17) is 10.6 Å². The van der Waals surface area contributed by atoms with E-state index >= 15 is 0 Å². The van der Waals surface area contributed by atoms with Gasteiger partial charge in [-0.2, -0.15) is 0 Å². The maximum atomic E-state index is 9.51. The molecule has 0 radical (unpaired) electrons. The molecule has 2 heterocycles. The highest BCUT2D eigenvalue weighted by Crippen LogP contribution is 2.18. The Morgan fingerprint density at radius 1 is 1.71 bits per heavy atom. The topological polar surface area (TPSA) is 95.4 Å². The maximum Gasteiger partial charge on any atom is 0.113 e. The third-order valence-corrected chi connectivity index (χ3v) is 2.15. The highest BCUT2D eigenvalue weighted by molar-refractivity contribution is 4.93. The first-order valence-corrected chi connectivity index (χ1v) is 4.29. The molecule has 3 N–H and O–H groups in total. The van der Waals surface area contributed by atoms with Crippen molar-refractivity contribution in [3.05, 3.63) is 11.9 Å². The number of hydrogen-bond acceptors (Lipinski definition) is 6. The number of aliphatic hydroxyl groups excluding tert-OH is 1. The van der Waals surface area contributed by atoms with Crippen LogP contribution in [0.15, 0.2) is 6.20 Å². The van der Waals surface area contributed by atoms with Gasteiger partial charge in [0.1, 0.15) is 24.4 Å². The molecule has 1 aliphatic rings. The summed E-state index contributed by atoms with van der Waals surface area (Å²) in [6, 6.07) is -0.158. The second-order valence-electron chi connectivity index (χ2n) is 3.17. The molecule has 0 aromatic carbocycles. The molecule has 1 saturated heterocycles. The largest absolute Gasteiger partial charge is 0.388 e. The minimum absolute atomic E-state index is 0.158. The predicted molar refractivity (Wildman–Crippen MR) is 44.9 cm³/mol. The van der Waals surface area contributed by atoms with Crippen molar-refractivity contribution < 1.29 is 14.7 Å². The number of rotatable bonds is 3. The molecule has 0 bridgehead atoms. The van der Waals surface area contributed by atoms with Crippen molar-refractivity contribution in [1.29, 1.82) is 0 Å². The van der Waals surface area contributed by atoms with Gasteiger partial charge in [0.25, 0.3) is 0 Å². The van der Waals surface area contributed by atoms with Crippen molar-refractivity contribution in [3.63, 3.8) is 0 Å². The van der Waals surface area contributed by atoms with E-state index in [-0.39, 0.29) is 12.6 Å². The lowest BCUT2D eigenvalue weighted by atomic mass is 10.2. The van der Waals surface area contributed by atoms with Crippen LogP contribution in [0.1, 0.15) is 11.7 Å². The Balaban J connectivity index is 2.08. The van der Waals surface area contributed by atoms with Crippen molar-refractivity contribution in [3.8, 4) is 0 Å². The van der Waals surface area contributed by atoms with Crippen molar-refractivity contribution >= 4 is 0 Å². The first-order chi connectivity index (χ1) is 6.81. The summed E-state index contributed by atoms with van der Waals surface area (Å²) in [5, 5.41) is 17.2. The lowest BCUT2D eigenvalue weighted by molar-refractivity contribution is 0.117. The van der Waals surface area contributed by atoms with Gasteiger partial charge in [-0.3, -0.25) is 4.84 Å². The molecule has 0 saturated carbocycles. The summed E-state index contributed by atoms with van der Waals surface area (Å²) in [4.78, 5) is 4.42. The van der Waals surface area contributed by atoms with Crippen molar-refractivity contribution in [2.45, 2.75) is 18.8 Å². The zero-order chi connectivity index (χ0) is 9.97. The van der Waals surface area contributed by atoms with Crippen LogP contribution in [-0.2, 0) is 16.2 Å². The molecule has 1 aliphatic heterocycles. The standard InChI is InChI=1S/C7H12N4O3/c8-14-2-5-1-11(10-9-5)6-3-13-4-7(6)12/h1,6-7,12H,2-4,8H2/t6-,7-/m1/s1. The number of aliphatic hydroxyl groups is 1. The van der Waals surface area contributed by atoms with E-state index in [0.29, 0.717) is 18.9 Å². The molecule has 0 amide bonds. The fourth-order valence-electron chi connectivity index (χ4n) is 1.41. The Labute approximate surface area is 80.4 Å². The van der Waals surface area contributed by atoms with Gasteiger partial charge >= 0.3 is 0 Å². The van der Waals surface area contributed by atoms with Gasteiger partial charge in [0.05, 0.1) is 19.4 Å². The van der Waals surface area contributed by atoms with Crippen LogP contribution >= 0.6 is 0 Å². The Hall–Kier alpha value is -1.02. The average Bonchev–Trinajstić information content (AvgIpc) is 2.74. The number of aromatic nitrogens is 3. The van der Waals surface area contributed by atoms with E-state index in [2.05, 4.69) is 15.1 Å². The Morgan fingerprint density at radius 3 is 3.21 bits per heavy atom. The summed E-state index contributed by atoms with van der Waals surface area (Å²) in [5.74, 6) is 4.90. The highest BCUT2D eigenvalue weighted by atomic mass is 16.6. The first kappa shape index (κ1) is 9.53. The van der Waals surface area contributed by atoms with Gasteiger partial charge in [-0.15, -0.1) is 5.10 Å². The van der Waals surface area contributed by atoms with Gasteiger partial charge < -0.3 is 9.84 Å². The molecular formula is C7H12N4O3. The number of ether oxygens (including phenoxy) is 1. The molecule has 2 atom stereocenters. The number of nitrogens with two attached hydrogens (primary N) is 1. The third kappa shape index (κ3) is 1.75. The van der Waals surface area contributed by atoms with Crippen LogP contribution in [0.5, 0.6) is 0 Å². The minimum atomic E-state index is -0.525. The molecular weight excluding hydrogens is 188 g/mol.